The Morgan fingerprint density at radius 1 is 1.33 bits per heavy atom. The largest absolute Gasteiger partial charge is 0.492 e. The third-order valence-corrected chi connectivity index (χ3v) is 3.71. The molecular weight excluding hydrogens is 224 g/mol. The van der Waals surface area contributed by atoms with Gasteiger partial charge in [-0.3, -0.25) is 4.90 Å². The molecule has 3 heteroatoms. The van der Waals surface area contributed by atoms with Crippen LogP contribution in [0.3, 0.4) is 0 Å². The number of nitrogens with zero attached hydrogens (tertiary/aromatic N) is 1. The Morgan fingerprint density at radius 3 is 2.56 bits per heavy atom. The fourth-order valence-electron chi connectivity index (χ4n) is 2.32. The van der Waals surface area contributed by atoms with Gasteiger partial charge in [-0.25, -0.2) is 0 Å². The summed E-state index contributed by atoms with van der Waals surface area (Å²) >= 11 is 0. The molecule has 100 valence electrons. The van der Waals surface area contributed by atoms with Crippen LogP contribution in [-0.2, 0) is 0 Å². The predicted octanol–water partition coefficient (Wildman–Crippen LogP) is 2.04. The predicted molar refractivity (Wildman–Crippen MR) is 74.9 cm³/mol. The number of ether oxygens (including phenoxy) is 1. The van der Waals surface area contributed by atoms with Crippen LogP contribution in [0.15, 0.2) is 24.3 Å². The second kappa shape index (κ2) is 6.21. The summed E-state index contributed by atoms with van der Waals surface area (Å²) < 4.78 is 5.74. The molecule has 3 nitrogen and oxygen atoms in total. The summed E-state index contributed by atoms with van der Waals surface area (Å²) in [5.41, 5.74) is 7.09. The van der Waals surface area contributed by atoms with Crippen LogP contribution in [0.1, 0.15) is 18.4 Å². The number of rotatable bonds is 7. The van der Waals surface area contributed by atoms with Crippen LogP contribution in [0, 0.1) is 12.8 Å². The van der Waals surface area contributed by atoms with Gasteiger partial charge in [0.2, 0.25) is 0 Å². The van der Waals surface area contributed by atoms with E-state index in [1.807, 2.05) is 12.1 Å². The minimum absolute atomic E-state index is 0.534. The highest BCUT2D eigenvalue weighted by molar-refractivity contribution is 5.26. The first kappa shape index (κ1) is 13.4. The van der Waals surface area contributed by atoms with E-state index in [0.29, 0.717) is 6.04 Å². The smallest absolute Gasteiger partial charge is 0.119 e. The standard InChI is InChI=1S/C15H24N2O/c1-12-3-7-14(8-4-12)18-10-9-17(2)15(11-16)13-5-6-13/h3-4,7-8,13,15H,5-6,9-11,16H2,1-2H3. The van der Waals surface area contributed by atoms with E-state index in [1.54, 1.807) is 0 Å². The van der Waals surface area contributed by atoms with Gasteiger partial charge in [0.05, 0.1) is 0 Å². The first-order chi connectivity index (χ1) is 8.70. The first-order valence-corrected chi connectivity index (χ1v) is 6.80. The lowest BCUT2D eigenvalue weighted by molar-refractivity contribution is 0.180. The molecule has 1 fully saturated rings. The van der Waals surface area contributed by atoms with Crippen LogP contribution in [-0.4, -0.2) is 37.7 Å². The summed E-state index contributed by atoms with van der Waals surface area (Å²) in [6.45, 7) is 4.50. The molecule has 1 saturated carbocycles. The second-order valence-electron chi connectivity index (χ2n) is 5.28. The molecule has 0 aliphatic heterocycles. The average Bonchev–Trinajstić information content (AvgIpc) is 3.17. The van der Waals surface area contributed by atoms with Crippen molar-refractivity contribution in [1.82, 2.24) is 4.90 Å². The van der Waals surface area contributed by atoms with Crippen LogP contribution < -0.4 is 10.5 Å². The monoisotopic (exact) mass is 248 g/mol. The van der Waals surface area contributed by atoms with Crippen molar-refractivity contribution >= 4 is 0 Å². The molecule has 1 aliphatic carbocycles. The maximum Gasteiger partial charge on any atom is 0.119 e. The number of likely N-dealkylation sites (N-methyl/N-ethyl adjacent to an activating group) is 1. The second-order valence-corrected chi connectivity index (χ2v) is 5.28. The Kier molecular flexibility index (Phi) is 4.61. The van der Waals surface area contributed by atoms with E-state index in [4.69, 9.17) is 10.5 Å². The molecule has 1 aromatic carbocycles. The molecular formula is C15H24N2O. The third-order valence-electron chi connectivity index (χ3n) is 3.71. The molecule has 1 aromatic rings. The average molecular weight is 248 g/mol. The fourth-order valence-corrected chi connectivity index (χ4v) is 2.32. The molecule has 0 aromatic heterocycles. The highest BCUT2D eigenvalue weighted by atomic mass is 16.5. The quantitative estimate of drug-likeness (QED) is 0.802. The summed E-state index contributed by atoms with van der Waals surface area (Å²) in [4.78, 5) is 2.34. The molecule has 0 amide bonds. The Labute approximate surface area is 110 Å². The Balaban J connectivity index is 1.72. The van der Waals surface area contributed by atoms with Crippen molar-refractivity contribution < 1.29 is 4.74 Å². The molecule has 0 saturated heterocycles. The summed E-state index contributed by atoms with van der Waals surface area (Å²) in [5.74, 6) is 1.77. The Bertz CT molecular complexity index is 359. The lowest BCUT2D eigenvalue weighted by atomic mass is 10.1. The van der Waals surface area contributed by atoms with Gasteiger partial charge in [-0.05, 0) is 44.9 Å². The topological polar surface area (TPSA) is 38.5 Å². The number of hydrogen-bond donors (Lipinski definition) is 1. The number of aryl methyl sites for hydroxylation is 1. The molecule has 0 radical (unpaired) electrons. The van der Waals surface area contributed by atoms with Gasteiger partial charge < -0.3 is 10.5 Å². The highest BCUT2D eigenvalue weighted by Gasteiger charge is 2.32. The summed E-state index contributed by atoms with van der Waals surface area (Å²) in [6.07, 6.45) is 2.68. The molecule has 18 heavy (non-hydrogen) atoms. The van der Waals surface area contributed by atoms with Crippen LogP contribution in [0.25, 0.3) is 0 Å². The normalized spacial score (nSPS) is 16.9. The van der Waals surface area contributed by atoms with Crippen molar-refractivity contribution in [3.8, 4) is 5.75 Å². The van der Waals surface area contributed by atoms with Gasteiger partial charge in [-0.2, -0.15) is 0 Å². The summed E-state index contributed by atoms with van der Waals surface area (Å²) in [5, 5.41) is 0. The highest BCUT2D eigenvalue weighted by Crippen LogP contribution is 2.34. The van der Waals surface area contributed by atoms with Gasteiger partial charge in [0.1, 0.15) is 12.4 Å². The van der Waals surface area contributed by atoms with Crippen LogP contribution >= 0.6 is 0 Å². The van der Waals surface area contributed by atoms with Crippen molar-refractivity contribution in [2.75, 3.05) is 26.7 Å². The van der Waals surface area contributed by atoms with Crippen molar-refractivity contribution in [2.24, 2.45) is 11.7 Å². The zero-order valence-corrected chi connectivity index (χ0v) is 11.4. The molecule has 0 heterocycles. The fraction of sp³-hybridized carbons (Fsp3) is 0.600. The van der Waals surface area contributed by atoms with Crippen molar-refractivity contribution in [2.45, 2.75) is 25.8 Å². The lowest BCUT2D eigenvalue weighted by Gasteiger charge is -2.26. The third kappa shape index (κ3) is 3.72. The molecule has 0 spiro atoms. The maximum absolute atomic E-state index is 5.83. The van der Waals surface area contributed by atoms with Gasteiger partial charge in [0.15, 0.2) is 0 Å². The van der Waals surface area contributed by atoms with E-state index in [1.165, 1.54) is 18.4 Å². The lowest BCUT2D eigenvalue weighted by Crippen LogP contribution is -2.41. The summed E-state index contributed by atoms with van der Waals surface area (Å²) in [7, 11) is 2.15. The van der Waals surface area contributed by atoms with Crippen LogP contribution in [0.2, 0.25) is 0 Å². The molecule has 1 unspecified atom stereocenters. The number of nitrogens with two attached hydrogens (primary N) is 1. The molecule has 2 N–H and O–H groups in total. The molecule has 1 atom stereocenters. The molecule has 1 aliphatic rings. The zero-order valence-electron chi connectivity index (χ0n) is 11.4. The van der Waals surface area contributed by atoms with Gasteiger partial charge in [0.25, 0.3) is 0 Å². The number of hydrogen-bond acceptors (Lipinski definition) is 3. The minimum atomic E-state index is 0.534. The Morgan fingerprint density at radius 2 is 2.00 bits per heavy atom. The Hall–Kier alpha value is -1.06. The van der Waals surface area contributed by atoms with E-state index in [2.05, 4.69) is 31.0 Å². The molecule has 2 rings (SSSR count). The van der Waals surface area contributed by atoms with Gasteiger partial charge >= 0.3 is 0 Å². The van der Waals surface area contributed by atoms with Crippen molar-refractivity contribution in [3.05, 3.63) is 29.8 Å². The van der Waals surface area contributed by atoms with E-state index in [-0.39, 0.29) is 0 Å². The van der Waals surface area contributed by atoms with E-state index in [0.717, 1.165) is 31.4 Å². The van der Waals surface area contributed by atoms with Crippen LogP contribution in [0.4, 0.5) is 0 Å². The van der Waals surface area contributed by atoms with Gasteiger partial charge in [-0.1, -0.05) is 17.7 Å². The molecule has 0 bridgehead atoms. The minimum Gasteiger partial charge on any atom is -0.492 e. The SMILES string of the molecule is Cc1ccc(OCCN(C)C(CN)C2CC2)cc1. The first-order valence-electron chi connectivity index (χ1n) is 6.80. The zero-order chi connectivity index (χ0) is 13.0. The van der Waals surface area contributed by atoms with Gasteiger partial charge in [-0.15, -0.1) is 0 Å². The van der Waals surface area contributed by atoms with E-state index < -0.39 is 0 Å². The van der Waals surface area contributed by atoms with Crippen molar-refractivity contribution in [3.63, 3.8) is 0 Å². The van der Waals surface area contributed by atoms with E-state index >= 15 is 0 Å². The van der Waals surface area contributed by atoms with Gasteiger partial charge in [0, 0.05) is 19.1 Å². The van der Waals surface area contributed by atoms with E-state index in [9.17, 15) is 0 Å². The number of benzene rings is 1. The van der Waals surface area contributed by atoms with Crippen LogP contribution in [0.5, 0.6) is 5.75 Å². The maximum atomic E-state index is 5.83. The summed E-state index contributed by atoms with van der Waals surface area (Å²) in [6, 6.07) is 8.73. The van der Waals surface area contributed by atoms with Crippen molar-refractivity contribution in [1.29, 1.82) is 0 Å².